The van der Waals surface area contributed by atoms with Gasteiger partial charge in [0.25, 0.3) is 0 Å². The van der Waals surface area contributed by atoms with E-state index in [2.05, 4.69) is 15.5 Å². The van der Waals surface area contributed by atoms with Crippen molar-refractivity contribution in [2.24, 2.45) is 0 Å². The van der Waals surface area contributed by atoms with Crippen molar-refractivity contribution >= 4 is 12.0 Å². The Kier molecular flexibility index (Phi) is 9.34. The molecule has 0 radical (unpaired) electrons. The predicted octanol–water partition coefficient (Wildman–Crippen LogP) is 2.36. The van der Waals surface area contributed by atoms with E-state index in [0.717, 1.165) is 50.4 Å². The SMILES string of the molecule is O=C(NC(Cc1ccccc1)C(=O)NCCCN1CCOCC1)OCc1ccccc1. The number of carbonyl (C=O) groups excluding carboxylic acids is 2. The van der Waals surface area contributed by atoms with Gasteiger partial charge in [-0.3, -0.25) is 9.69 Å². The number of morpholine rings is 1. The van der Waals surface area contributed by atoms with Crippen LogP contribution in [0.5, 0.6) is 0 Å². The second kappa shape index (κ2) is 12.7. The van der Waals surface area contributed by atoms with Gasteiger partial charge in [-0.05, 0) is 24.1 Å². The van der Waals surface area contributed by atoms with Gasteiger partial charge in [0, 0.05) is 26.1 Å². The van der Waals surface area contributed by atoms with E-state index in [4.69, 9.17) is 9.47 Å². The Hall–Kier alpha value is -2.90. The summed E-state index contributed by atoms with van der Waals surface area (Å²) >= 11 is 0. The minimum Gasteiger partial charge on any atom is -0.445 e. The summed E-state index contributed by atoms with van der Waals surface area (Å²) in [5.74, 6) is -0.206. The van der Waals surface area contributed by atoms with Crippen LogP contribution in [0.3, 0.4) is 0 Å². The molecule has 1 aliphatic heterocycles. The highest BCUT2D eigenvalue weighted by Crippen LogP contribution is 2.06. The van der Waals surface area contributed by atoms with Crippen LogP contribution >= 0.6 is 0 Å². The van der Waals surface area contributed by atoms with Gasteiger partial charge in [-0.1, -0.05) is 60.7 Å². The molecule has 1 heterocycles. The molecule has 0 aromatic heterocycles. The Labute approximate surface area is 183 Å². The fourth-order valence-corrected chi connectivity index (χ4v) is 3.43. The zero-order chi connectivity index (χ0) is 21.7. The third-order valence-corrected chi connectivity index (χ3v) is 5.16. The molecule has 1 aliphatic rings. The Morgan fingerprint density at radius 3 is 2.29 bits per heavy atom. The molecule has 7 nitrogen and oxygen atoms in total. The molecule has 3 rings (SSSR count). The summed E-state index contributed by atoms with van der Waals surface area (Å²) in [4.78, 5) is 27.4. The lowest BCUT2D eigenvalue weighted by Crippen LogP contribution is -2.48. The third kappa shape index (κ3) is 8.39. The van der Waals surface area contributed by atoms with E-state index in [0.29, 0.717) is 13.0 Å². The molecule has 1 saturated heterocycles. The molecular weight excluding hydrogens is 394 g/mol. The molecule has 7 heteroatoms. The minimum absolute atomic E-state index is 0.159. The molecule has 1 fully saturated rings. The van der Waals surface area contributed by atoms with E-state index in [1.165, 1.54) is 0 Å². The number of nitrogens with one attached hydrogen (secondary N) is 2. The second-order valence-electron chi connectivity index (χ2n) is 7.55. The maximum Gasteiger partial charge on any atom is 0.408 e. The normalized spacial score (nSPS) is 15.1. The van der Waals surface area contributed by atoms with Gasteiger partial charge >= 0.3 is 6.09 Å². The number of benzene rings is 2. The first kappa shape index (κ1) is 22.8. The smallest absolute Gasteiger partial charge is 0.408 e. The van der Waals surface area contributed by atoms with Crippen molar-refractivity contribution in [1.82, 2.24) is 15.5 Å². The molecule has 2 amide bonds. The number of hydrogen-bond acceptors (Lipinski definition) is 5. The highest BCUT2D eigenvalue weighted by atomic mass is 16.5. The van der Waals surface area contributed by atoms with Crippen molar-refractivity contribution < 1.29 is 19.1 Å². The summed E-state index contributed by atoms with van der Waals surface area (Å²) in [5, 5.41) is 5.68. The Morgan fingerprint density at radius 2 is 1.61 bits per heavy atom. The largest absolute Gasteiger partial charge is 0.445 e. The fraction of sp³-hybridized carbons (Fsp3) is 0.417. The van der Waals surface area contributed by atoms with Gasteiger partial charge in [0.2, 0.25) is 5.91 Å². The maximum atomic E-state index is 12.8. The van der Waals surface area contributed by atoms with E-state index in [-0.39, 0.29) is 12.5 Å². The monoisotopic (exact) mass is 425 g/mol. The van der Waals surface area contributed by atoms with Gasteiger partial charge in [-0.15, -0.1) is 0 Å². The van der Waals surface area contributed by atoms with E-state index in [1.807, 2.05) is 60.7 Å². The molecule has 0 aliphatic carbocycles. The highest BCUT2D eigenvalue weighted by molar-refractivity contribution is 5.85. The third-order valence-electron chi connectivity index (χ3n) is 5.16. The molecule has 0 bridgehead atoms. The molecule has 0 saturated carbocycles. The molecule has 166 valence electrons. The molecule has 31 heavy (non-hydrogen) atoms. The number of hydrogen-bond donors (Lipinski definition) is 2. The van der Waals surface area contributed by atoms with Gasteiger partial charge in [0.15, 0.2) is 0 Å². The van der Waals surface area contributed by atoms with E-state index >= 15 is 0 Å². The summed E-state index contributed by atoms with van der Waals surface area (Å²) in [6.07, 6.45) is 0.645. The Balaban J connectivity index is 1.48. The van der Waals surface area contributed by atoms with Crippen LogP contribution in [0.4, 0.5) is 4.79 Å². The fourth-order valence-electron chi connectivity index (χ4n) is 3.43. The molecule has 2 aromatic rings. The van der Waals surface area contributed by atoms with Crippen molar-refractivity contribution in [2.45, 2.75) is 25.5 Å². The number of rotatable bonds is 10. The average molecular weight is 426 g/mol. The van der Waals surface area contributed by atoms with Gasteiger partial charge in [-0.2, -0.15) is 0 Å². The summed E-state index contributed by atoms with van der Waals surface area (Å²) in [6.45, 7) is 5.02. The van der Waals surface area contributed by atoms with Gasteiger partial charge in [0.1, 0.15) is 12.6 Å². The molecule has 2 N–H and O–H groups in total. The Bertz CT molecular complexity index is 795. The van der Waals surface area contributed by atoms with E-state index < -0.39 is 12.1 Å². The zero-order valence-electron chi connectivity index (χ0n) is 17.8. The molecular formula is C24H31N3O4. The summed E-state index contributed by atoms with van der Waals surface area (Å²) in [7, 11) is 0. The van der Waals surface area contributed by atoms with Crippen LogP contribution in [0.25, 0.3) is 0 Å². The van der Waals surface area contributed by atoms with Crippen LogP contribution < -0.4 is 10.6 Å². The van der Waals surface area contributed by atoms with Gasteiger partial charge < -0.3 is 20.1 Å². The lowest BCUT2D eigenvalue weighted by atomic mass is 10.1. The predicted molar refractivity (Wildman–Crippen MR) is 119 cm³/mol. The topological polar surface area (TPSA) is 79.9 Å². The summed E-state index contributed by atoms with van der Waals surface area (Å²) < 4.78 is 10.7. The average Bonchev–Trinajstić information content (AvgIpc) is 2.82. The first-order valence-corrected chi connectivity index (χ1v) is 10.8. The first-order valence-electron chi connectivity index (χ1n) is 10.8. The van der Waals surface area contributed by atoms with E-state index in [1.54, 1.807) is 0 Å². The maximum absolute atomic E-state index is 12.8. The molecule has 2 aromatic carbocycles. The summed E-state index contributed by atoms with van der Waals surface area (Å²) in [5.41, 5.74) is 1.86. The molecule has 0 spiro atoms. The highest BCUT2D eigenvalue weighted by Gasteiger charge is 2.22. The first-order chi connectivity index (χ1) is 15.2. The van der Waals surface area contributed by atoms with Gasteiger partial charge in [0.05, 0.1) is 13.2 Å². The Morgan fingerprint density at radius 1 is 0.968 bits per heavy atom. The van der Waals surface area contributed by atoms with Crippen LogP contribution in [0.15, 0.2) is 60.7 Å². The van der Waals surface area contributed by atoms with Crippen molar-refractivity contribution in [3.63, 3.8) is 0 Å². The van der Waals surface area contributed by atoms with Crippen molar-refractivity contribution in [3.05, 3.63) is 71.8 Å². The molecule has 1 atom stereocenters. The zero-order valence-corrected chi connectivity index (χ0v) is 17.8. The lowest BCUT2D eigenvalue weighted by Gasteiger charge is -2.26. The number of carbonyl (C=O) groups is 2. The number of ether oxygens (including phenoxy) is 2. The molecule has 1 unspecified atom stereocenters. The van der Waals surface area contributed by atoms with Crippen molar-refractivity contribution in [2.75, 3.05) is 39.4 Å². The number of amides is 2. The van der Waals surface area contributed by atoms with Crippen LogP contribution in [0, 0.1) is 0 Å². The van der Waals surface area contributed by atoms with Crippen LogP contribution in [-0.2, 0) is 27.3 Å². The van der Waals surface area contributed by atoms with Crippen LogP contribution in [0.1, 0.15) is 17.5 Å². The van der Waals surface area contributed by atoms with Crippen LogP contribution in [-0.4, -0.2) is 62.3 Å². The number of alkyl carbamates (subject to hydrolysis) is 1. The standard InChI is InChI=1S/C24H31N3O4/c28-23(25-12-7-13-27-14-16-30-17-15-27)22(18-20-8-3-1-4-9-20)26-24(29)31-19-21-10-5-2-6-11-21/h1-6,8-11,22H,7,12-19H2,(H,25,28)(H,26,29). The van der Waals surface area contributed by atoms with Gasteiger partial charge in [-0.25, -0.2) is 4.79 Å². The quantitative estimate of drug-likeness (QED) is 0.572. The summed E-state index contributed by atoms with van der Waals surface area (Å²) in [6, 6.07) is 18.4. The van der Waals surface area contributed by atoms with Crippen molar-refractivity contribution in [3.8, 4) is 0 Å². The second-order valence-corrected chi connectivity index (χ2v) is 7.55. The lowest BCUT2D eigenvalue weighted by molar-refractivity contribution is -0.123. The van der Waals surface area contributed by atoms with Crippen LogP contribution in [0.2, 0.25) is 0 Å². The number of nitrogens with zero attached hydrogens (tertiary/aromatic N) is 1. The van der Waals surface area contributed by atoms with Crippen molar-refractivity contribution in [1.29, 1.82) is 0 Å². The minimum atomic E-state index is -0.700. The van der Waals surface area contributed by atoms with E-state index in [9.17, 15) is 9.59 Å².